The molecule has 0 amide bonds. The van der Waals surface area contributed by atoms with Gasteiger partial charge in [0, 0.05) is 11.8 Å². The molecule has 0 aromatic carbocycles. The van der Waals surface area contributed by atoms with E-state index in [9.17, 15) is 5.11 Å². The van der Waals surface area contributed by atoms with Crippen LogP contribution in [0.25, 0.3) is 0 Å². The van der Waals surface area contributed by atoms with Crippen molar-refractivity contribution in [3.8, 4) is 0 Å². The number of hydrogen-bond donors (Lipinski definition) is 2. The molecule has 1 heterocycles. The summed E-state index contributed by atoms with van der Waals surface area (Å²) in [4.78, 5) is 4.08. The molecule has 1 aromatic heterocycles. The van der Waals surface area contributed by atoms with E-state index in [1.807, 2.05) is 0 Å². The van der Waals surface area contributed by atoms with E-state index in [-0.39, 0.29) is 5.92 Å². The van der Waals surface area contributed by atoms with E-state index in [1.165, 1.54) is 12.6 Å². The summed E-state index contributed by atoms with van der Waals surface area (Å²) in [7, 11) is 0. The number of pyridine rings is 1. The summed E-state index contributed by atoms with van der Waals surface area (Å²) in [5, 5.41) is 11.6. The highest BCUT2D eigenvalue weighted by molar-refractivity contribution is 6.30. The van der Waals surface area contributed by atoms with Gasteiger partial charge in [0.15, 0.2) is 0 Å². The molecule has 3 nitrogen and oxygen atoms in total. The minimum absolute atomic E-state index is 0.216. The zero-order chi connectivity index (χ0) is 13.3. The fourth-order valence-corrected chi connectivity index (χ4v) is 3.36. The Hall–Kier alpha value is -0.800. The second-order valence-electron chi connectivity index (χ2n) is 5.61. The second-order valence-corrected chi connectivity index (χ2v) is 6.04. The average Bonchev–Trinajstić information content (AvgIpc) is 2.32. The maximum atomic E-state index is 11.1. The van der Waals surface area contributed by atoms with E-state index in [2.05, 4.69) is 18.8 Å². The lowest BCUT2D eigenvalue weighted by atomic mass is 9.67. The van der Waals surface area contributed by atoms with Gasteiger partial charge < -0.3 is 10.8 Å². The Morgan fingerprint density at radius 2 is 2.22 bits per heavy atom. The van der Waals surface area contributed by atoms with Gasteiger partial charge in [-0.3, -0.25) is 0 Å². The molecule has 0 bridgehead atoms. The van der Waals surface area contributed by atoms with E-state index >= 15 is 0 Å². The van der Waals surface area contributed by atoms with Gasteiger partial charge in [-0.1, -0.05) is 38.3 Å². The third-order valence-corrected chi connectivity index (χ3v) is 4.30. The molecule has 0 spiro atoms. The Labute approximate surface area is 113 Å². The monoisotopic (exact) mass is 268 g/mol. The van der Waals surface area contributed by atoms with E-state index in [1.54, 1.807) is 6.07 Å². The fourth-order valence-electron chi connectivity index (χ4n) is 3.20. The third kappa shape index (κ3) is 2.34. The predicted molar refractivity (Wildman–Crippen MR) is 74.4 cm³/mol. The van der Waals surface area contributed by atoms with Crippen molar-refractivity contribution in [2.24, 2.45) is 11.8 Å². The van der Waals surface area contributed by atoms with Crippen molar-refractivity contribution in [2.45, 2.75) is 45.1 Å². The molecule has 3 N–H and O–H groups in total. The van der Waals surface area contributed by atoms with Gasteiger partial charge in [-0.2, -0.15) is 0 Å². The van der Waals surface area contributed by atoms with Crippen LogP contribution in [0.4, 0.5) is 5.82 Å². The number of rotatable bonds is 2. The molecule has 2 atom stereocenters. The molecule has 1 aliphatic rings. The zero-order valence-corrected chi connectivity index (χ0v) is 11.7. The van der Waals surface area contributed by atoms with Crippen LogP contribution in [0.3, 0.4) is 0 Å². The van der Waals surface area contributed by atoms with E-state index in [0.29, 0.717) is 22.3 Å². The van der Waals surface area contributed by atoms with Crippen LogP contribution in [0.15, 0.2) is 12.3 Å². The minimum Gasteiger partial charge on any atom is -0.385 e. The number of aliphatic hydroxyl groups is 1. The Morgan fingerprint density at radius 1 is 1.50 bits per heavy atom. The molecule has 2 unspecified atom stereocenters. The summed E-state index contributed by atoms with van der Waals surface area (Å²) < 4.78 is 0. The van der Waals surface area contributed by atoms with Crippen molar-refractivity contribution in [1.29, 1.82) is 0 Å². The van der Waals surface area contributed by atoms with Crippen molar-refractivity contribution in [1.82, 2.24) is 4.98 Å². The van der Waals surface area contributed by atoms with Gasteiger partial charge in [0.1, 0.15) is 5.82 Å². The minimum atomic E-state index is -0.881. The van der Waals surface area contributed by atoms with E-state index < -0.39 is 5.60 Å². The number of halogens is 1. The lowest BCUT2D eigenvalue weighted by Crippen LogP contribution is -2.41. The Morgan fingerprint density at radius 3 is 2.89 bits per heavy atom. The van der Waals surface area contributed by atoms with Crippen molar-refractivity contribution in [3.05, 3.63) is 22.8 Å². The first-order valence-corrected chi connectivity index (χ1v) is 6.97. The van der Waals surface area contributed by atoms with Crippen LogP contribution in [0.1, 0.15) is 45.1 Å². The summed E-state index contributed by atoms with van der Waals surface area (Å²) in [6.45, 7) is 4.30. The normalized spacial score (nSPS) is 28.6. The highest BCUT2D eigenvalue weighted by atomic mass is 35.5. The van der Waals surface area contributed by atoms with Crippen molar-refractivity contribution in [3.63, 3.8) is 0 Å². The summed E-state index contributed by atoms with van der Waals surface area (Å²) in [6, 6.07) is 1.77. The first-order chi connectivity index (χ1) is 8.45. The van der Waals surface area contributed by atoms with Crippen molar-refractivity contribution in [2.75, 3.05) is 5.73 Å². The molecule has 1 aromatic rings. The van der Waals surface area contributed by atoms with Gasteiger partial charge in [0.05, 0.1) is 10.6 Å². The summed E-state index contributed by atoms with van der Waals surface area (Å²) in [6.07, 6.45) is 5.48. The quantitative estimate of drug-likeness (QED) is 0.865. The van der Waals surface area contributed by atoms with Gasteiger partial charge in [-0.15, -0.1) is 0 Å². The predicted octanol–water partition coefficient (Wildman–Crippen LogP) is 3.35. The topological polar surface area (TPSA) is 59.1 Å². The van der Waals surface area contributed by atoms with Gasteiger partial charge in [0.2, 0.25) is 0 Å². The molecule has 1 saturated carbocycles. The van der Waals surface area contributed by atoms with E-state index in [0.717, 1.165) is 19.3 Å². The lowest BCUT2D eigenvalue weighted by molar-refractivity contribution is -0.0717. The molecule has 1 fully saturated rings. The van der Waals surface area contributed by atoms with Crippen molar-refractivity contribution >= 4 is 17.4 Å². The van der Waals surface area contributed by atoms with Crippen LogP contribution in [0.5, 0.6) is 0 Å². The zero-order valence-electron chi connectivity index (χ0n) is 11.0. The lowest BCUT2D eigenvalue weighted by Gasteiger charge is -2.43. The standard InChI is InChI=1S/C14H21ClN2O/c1-9(2)11-5-3-4-6-14(11,18)12-7-10(15)8-17-13(12)16/h7-9,11,18H,3-6H2,1-2H3,(H2,16,17). The van der Waals surface area contributed by atoms with E-state index in [4.69, 9.17) is 17.3 Å². The Balaban J connectivity index is 2.46. The Bertz CT molecular complexity index is 436. The highest BCUT2D eigenvalue weighted by Gasteiger charge is 2.43. The summed E-state index contributed by atoms with van der Waals surface area (Å²) in [5.41, 5.74) is 5.76. The van der Waals surface area contributed by atoms with Crippen LogP contribution >= 0.6 is 11.6 Å². The number of nitrogens with two attached hydrogens (primary N) is 1. The maximum absolute atomic E-state index is 11.1. The molecule has 0 aliphatic heterocycles. The van der Waals surface area contributed by atoms with Gasteiger partial charge in [-0.25, -0.2) is 4.98 Å². The number of hydrogen-bond acceptors (Lipinski definition) is 3. The number of aromatic nitrogens is 1. The molecule has 2 rings (SSSR count). The molecular formula is C14H21ClN2O. The molecular weight excluding hydrogens is 248 g/mol. The van der Waals surface area contributed by atoms with Crippen LogP contribution in [0.2, 0.25) is 5.02 Å². The third-order valence-electron chi connectivity index (χ3n) is 4.09. The summed E-state index contributed by atoms with van der Waals surface area (Å²) >= 11 is 6.00. The van der Waals surface area contributed by atoms with Crippen LogP contribution < -0.4 is 5.73 Å². The molecule has 0 saturated heterocycles. The SMILES string of the molecule is CC(C)C1CCCCC1(O)c1cc(Cl)cnc1N. The number of nitrogens with zero attached hydrogens (tertiary/aromatic N) is 1. The smallest absolute Gasteiger partial charge is 0.129 e. The largest absolute Gasteiger partial charge is 0.385 e. The van der Waals surface area contributed by atoms with Crippen LogP contribution in [-0.2, 0) is 5.60 Å². The first kappa shape index (κ1) is 13.6. The molecule has 1 aliphatic carbocycles. The molecule has 4 heteroatoms. The van der Waals surface area contributed by atoms with Crippen LogP contribution in [0, 0.1) is 11.8 Å². The summed E-state index contributed by atoms with van der Waals surface area (Å²) in [5.74, 6) is 1.02. The Kier molecular flexibility index (Phi) is 3.83. The van der Waals surface area contributed by atoms with Gasteiger partial charge in [-0.05, 0) is 30.7 Å². The average molecular weight is 269 g/mol. The molecule has 0 radical (unpaired) electrons. The molecule has 100 valence electrons. The van der Waals surface area contributed by atoms with Crippen LogP contribution in [-0.4, -0.2) is 10.1 Å². The fraction of sp³-hybridized carbons (Fsp3) is 0.643. The van der Waals surface area contributed by atoms with Gasteiger partial charge in [0.25, 0.3) is 0 Å². The first-order valence-electron chi connectivity index (χ1n) is 6.59. The van der Waals surface area contributed by atoms with Crippen molar-refractivity contribution < 1.29 is 5.11 Å². The molecule has 18 heavy (non-hydrogen) atoms. The number of anilines is 1. The van der Waals surface area contributed by atoms with Gasteiger partial charge >= 0.3 is 0 Å². The second kappa shape index (κ2) is 5.06. The number of nitrogen functional groups attached to an aromatic ring is 1. The highest BCUT2D eigenvalue weighted by Crippen LogP contribution is 2.46. The maximum Gasteiger partial charge on any atom is 0.129 e.